The Labute approximate surface area is 141 Å². The standard InChI is InChI=1S/C15H17ClF3N3O2/c1-2-10(20)14(24)22-11-5-3-4-9(16)8(11)6-12(22)13(23)21-7-15(17,18)19/h3-5,10,12H,2,6-7,20H2,1H3,(H,21,23)/t10-,12?/m0/s1. The normalized spacial score (nSPS) is 18.2. The molecule has 0 saturated carbocycles. The van der Waals surface area contributed by atoms with Gasteiger partial charge in [0.05, 0.1) is 6.04 Å². The number of fused-ring (bicyclic) bond motifs is 1. The Hall–Kier alpha value is -1.80. The van der Waals surface area contributed by atoms with Gasteiger partial charge in [-0.05, 0) is 24.1 Å². The summed E-state index contributed by atoms with van der Waals surface area (Å²) in [4.78, 5) is 25.9. The molecule has 24 heavy (non-hydrogen) atoms. The zero-order valence-electron chi connectivity index (χ0n) is 12.9. The first-order chi connectivity index (χ1) is 11.2. The van der Waals surface area contributed by atoms with Crippen molar-refractivity contribution in [2.24, 2.45) is 5.73 Å². The molecule has 9 heteroatoms. The average Bonchev–Trinajstić information content (AvgIpc) is 2.91. The van der Waals surface area contributed by atoms with Crippen molar-refractivity contribution >= 4 is 29.1 Å². The van der Waals surface area contributed by atoms with Gasteiger partial charge in [0, 0.05) is 17.1 Å². The molecule has 2 amide bonds. The van der Waals surface area contributed by atoms with E-state index in [1.54, 1.807) is 25.1 Å². The lowest BCUT2D eigenvalue weighted by atomic mass is 10.1. The van der Waals surface area contributed by atoms with Crippen molar-refractivity contribution in [3.8, 4) is 0 Å². The van der Waals surface area contributed by atoms with E-state index in [4.69, 9.17) is 17.3 Å². The molecule has 5 nitrogen and oxygen atoms in total. The third-order valence-corrected chi connectivity index (χ3v) is 4.18. The Balaban J connectivity index is 2.31. The smallest absolute Gasteiger partial charge is 0.345 e. The van der Waals surface area contributed by atoms with E-state index >= 15 is 0 Å². The molecule has 0 saturated heterocycles. The van der Waals surface area contributed by atoms with Crippen molar-refractivity contribution < 1.29 is 22.8 Å². The number of benzene rings is 1. The highest BCUT2D eigenvalue weighted by atomic mass is 35.5. The summed E-state index contributed by atoms with van der Waals surface area (Å²) < 4.78 is 37.0. The zero-order valence-corrected chi connectivity index (χ0v) is 13.6. The van der Waals surface area contributed by atoms with Crippen LogP contribution >= 0.6 is 11.6 Å². The molecular weight excluding hydrogens is 347 g/mol. The molecule has 2 atom stereocenters. The van der Waals surface area contributed by atoms with Crippen LogP contribution in [0.15, 0.2) is 18.2 Å². The molecule has 1 heterocycles. The van der Waals surface area contributed by atoms with Crippen LogP contribution in [0, 0.1) is 0 Å². The van der Waals surface area contributed by atoms with Gasteiger partial charge >= 0.3 is 6.18 Å². The van der Waals surface area contributed by atoms with Crippen LogP contribution in [0.3, 0.4) is 0 Å². The number of nitrogens with one attached hydrogen (secondary N) is 1. The van der Waals surface area contributed by atoms with Crippen LogP contribution in [-0.2, 0) is 16.0 Å². The predicted molar refractivity (Wildman–Crippen MR) is 83.8 cm³/mol. The van der Waals surface area contributed by atoms with Crippen molar-refractivity contribution in [2.75, 3.05) is 11.4 Å². The minimum atomic E-state index is -4.53. The minimum Gasteiger partial charge on any atom is -0.345 e. The van der Waals surface area contributed by atoms with Gasteiger partial charge in [0.15, 0.2) is 0 Å². The predicted octanol–water partition coefficient (Wildman–Crippen LogP) is 2.01. The Bertz CT molecular complexity index is 651. The molecule has 1 aromatic rings. The molecule has 0 spiro atoms. The van der Waals surface area contributed by atoms with Crippen molar-refractivity contribution in [2.45, 2.75) is 38.0 Å². The quantitative estimate of drug-likeness (QED) is 0.859. The number of carbonyl (C=O) groups excluding carboxylic acids is 2. The Kier molecular flexibility index (Phi) is 5.39. The monoisotopic (exact) mass is 363 g/mol. The lowest BCUT2D eigenvalue weighted by Crippen LogP contribution is -2.53. The van der Waals surface area contributed by atoms with Crippen LogP contribution in [0.25, 0.3) is 0 Å². The summed E-state index contributed by atoms with van der Waals surface area (Å²) in [7, 11) is 0. The van der Waals surface area contributed by atoms with Crippen LogP contribution in [0.1, 0.15) is 18.9 Å². The second-order valence-electron chi connectivity index (χ2n) is 5.51. The summed E-state index contributed by atoms with van der Waals surface area (Å²) in [5, 5.41) is 2.17. The Morgan fingerprint density at radius 1 is 1.46 bits per heavy atom. The number of nitrogens with zero attached hydrogens (tertiary/aromatic N) is 1. The van der Waals surface area contributed by atoms with E-state index in [-0.39, 0.29) is 6.42 Å². The van der Waals surface area contributed by atoms with E-state index in [9.17, 15) is 22.8 Å². The van der Waals surface area contributed by atoms with E-state index in [2.05, 4.69) is 0 Å². The molecule has 2 rings (SSSR count). The second kappa shape index (κ2) is 6.98. The molecule has 1 aliphatic heterocycles. The van der Waals surface area contributed by atoms with E-state index in [1.165, 1.54) is 0 Å². The minimum absolute atomic E-state index is 0.0425. The van der Waals surface area contributed by atoms with Crippen LogP contribution in [0.5, 0.6) is 0 Å². The number of amides is 2. The molecule has 0 radical (unpaired) electrons. The maximum atomic E-state index is 12.5. The van der Waals surface area contributed by atoms with Gasteiger partial charge in [0.2, 0.25) is 11.8 Å². The van der Waals surface area contributed by atoms with Crippen molar-refractivity contribution in [1.82, 2.24) is 5.32 Å². The largest absolute Gasteiger partial charge is 0.405 e. The van der Waals surface area contributed by atoms with E-state index in [0.717, 1.165) is 4.90 Å². The summed E-state index contributed by atoms with van der Waals surface area (Å²) in [5.41, 5.74) is 6.71. The van der Waals surface area contributed by atoms with Gasteiger partial charge < -0.3 is 11.1 Å². The van der Waals surface area contributed by atoms with Gasteiger partial charge in [-0.2, -0.15) is 13.2 Å². The molecule has 0 fully saturated rings. The highest BCUT2D eigenvalue weighted by molar-refractivity contribution is 6.32. The molecular formula is C15H17ClF3N3O2. The van der Waals surface area contributed by atoms with Gasteiger partial charge in [0.25, 0.3) is 0 Å². The van der Waals surface area contributed by atoms with Gasteiger partial charge in [-0.3, -0.25) is 14.5 Å². The molecule has 1 aromatic carbocycles. The van der Waals surface area contributed by atoms with E-state index in [0.29, 0.717) is 22.7 Å². The van der Waals surface area contributed by atoms with Crippen molar-refractivity contribution in [3.63, 3.8) is 0 Å². The summed E-state index contributed by atoms with van der Waals surface area (Å²) in [5.74, 6) is -1.41. The lowest BCUT2D eigenvalue weighted by Gasteiger charge is -2.27. The third-order valence-electron chi connectivity index (χ3n) is 3.82. The van der Waals surface area contributed by atoms with E-state index in [1.807, 2.05) is 5.32 Å². The number of carbonyl (C=O) groups is 2. The topological polar surface area (TPSA) is 75.4 Å². The highest BCUT2D eigenvalue weighted by Gasteiger charge is 2.41. The fourth-order valence-corrected chi connectivity index (χ4v) is 2.81. The fourth-order valence-electron chi connectivity index (χ4n) is 2.57. The summed E-state index contributed by atoms with van der Waals surface area (Å²) in [6.07, 6.45) is -4.16. The zero-order chi connectivity index (χ0) is 18.1. The summed E-state index contributed by atoms with van der Waals surface area (Å²) >= 11 is 6.09. The number of hydrogen-bond acceptors (Lipinski definition) is 3. The third kappa shape index (κ3) is 3.81. The van der Waals surface area contributed by atoms with Crippen LogP contribution in [0.4, 0.5) is 18.9 Å². The number of alkyl halides is 3. The number of anilines is 1. The maximum Gasteiger partial charge on any atom is 0.405 e. The lowest BCUT2D eigenvalue weighted by molar-refractivity contribution is -0.139. The molecule has 0 bridgehead atoms. The molecule has 1 aliphatic rings. The van der Waals surface area contributed by atoms with Crippen LogP contribution in [-0.4, -0.2) is 36.6 Å². The SMILES string of the molecule is CC[C@H](N)C(=O)N1c2cccc(Cl)c2CC1C(=O)NCC(F)(F)F. The van der Waals surface area contributed by atoms with Crippen LogP contribution < -0.4 is 16.0 Å². The molecule has 3 N–H and O–H groups in total. The van der Waals surface area contributed by atoms with Crippen LogP contribution in [0.2, 0.25) is 5.02 Å². The number of rotatable bonds is 4. The Morgan fingerprint density at radius 2 is 2.12 bits per heavy atom. The van der Waals surface area contributed by atoms with E-state index < -0.39 is 36.6 Å². The van der Waals surface area contributed by atoms with Gasteiger partial charge in [0.1, 0.15) is 12.6 Å². The first kappa shape index (κ1) is 18.5. The Morgan fingerprint density at radius 3 is 2.71 bits per heavy atom. The van der Waals surface area contributed by atoms with Crippen molar-refractivity contribution in [3.05, 3.63) is 28.8 Å². The maximum absolute atomic E-state index is 12.5. The molecule has 0 aromatic heterocycles. The van der Waals surface area contributed by atoms with Gasteiger partial charge in [-0.1, -0.05) is 24.6 Å². The summed E-state index contributed by atoms with van der Waals surface area (Å²) in [6.45, 7) is 0.241. The van der Waals surface area contributed by atoms with Crippen molar-refractivity contribution in [1.29, 1.82) is 0 Å². The number of halogens is 4. The highest BCUT2D eigenvalue weighted by Crippen LogP contribution is 2.37. The molecule has 1 unspecified atom stereocenters. The number of nitrogens with two attached hydrogens (primary N) is 1. The fraction of sp³-hybridized carbons (Fsp3) is 0.467. The van der Waals surface area contributed by atoms with Gasteiger partial charge in [-0.25, -0.2) is 0 Å². The van der Waals surface area contributed by atoms with Gasteiger partial charge in [-0.15, -0.1) is 0 Å². The summed E-state index contributed by atoms with van der Waals surface area (Å²) in [6, 6.07) is 2.84. The second-order valence-corrected chi connectivity index (χ2v) is 5.92. The average molecular weight is 364 g/mol. The molecule has 132 valence electrons. The first-order valence-corrected chi connectivity index (χ1v) is 7.74. The molecule has 0 aliphatic carbocycles. The number of hydrogen-bond donors (Lipinski definition) is 2. The first-order valence-electron chi connectivity index (χ1n) is 7.36.